The predicted octanol–water partition coefficient (Wildman–Crippen LogP) is 6.67. The van der Waals surface area contributed by atoms with Gasteiger partial charge in [0.05, 0.1) is 18.2 Å². The number of nitrogens with zero attached hydrogens (tertiary/aromatic N) is 2. The Morgan fingerprint density at radius 2 is 1.76 bits per heavy atom. The molecule has 0 saturated carbocycles. The van der Waals surface area contributed by atoms with Gasteiger partial charge in [-0.05, 0) is 39.0 Å². The van der Waals surface area contributed by atoms with Gasteiger partial charge in [-0.1, -0.05) is 68.4 Å². The van der Waals surface area contributed by atoms with Gasteiger partial charge in [0.25, 0.3) is 0 Å². The second kappa shape index (κ2) is 10.5. The Morgan fingerprint density at radius 3 is 2.38 bits per heavy atom. The number of rotatable bonds is 9. The van der Waals surface area contributed by atoms with Crippen molar-refractivity contribution in [2.75, 3.05) is 20.8 Å². The van der Waals surface area contributed by atoms with E-state index in [1.165, 1.54) is 5.56 Å². The highest BCUT2D eigenvalue weighted by molar-refractivity contribution is 9.10. The molecular formula is C28H29BrN2O3. The molecule has 0 N–H and O–H groups in total. The molecule has 0 amide bonds. The number of methoxy groups -OCH3 is 2. The first kappa shape index (κ1) is 24.2. The van der Waals surface area contributed by atoms with Crippen LogP contribution in [-0.4, -0.2) is 36.2 Å². The molecule has 0 unspecified atom stereocenters. The van der Waals surface area contributed by atoms with Gasteiger partial charge in [-0.15, -0.1) is 0 Å². The number of fused-ring (bicyclic) bond motifs is 1. The molecule has 0 aliphatic heterocycles. The highest BCUT2D eigenvalue weighted by Crippen LogP contribution is 2.38. The standard InChI is InChI=1S/C28H29BrN2O3/c1-18(2)20-10-12-21(13-11-20)28-30-26-25(29)22(23(32)16-19-8-6-5-7-9-19)17-24(34-4)27(26)31(28)14-15-33-3/h5-13,17-18H,14-16H2,1-4H3. The molecule has 6 heteroatoms. The molecule has 1 heterocycles. The first-order valence-corrected chi connectivity index (χ1v) is 12.2. The van der Waals surface area contributed by atoms with E-state index in [9.17, 15) is 4.79 Å². The number of hydrogen-bond acceptors (Lipinski definition) is 4. The van der Waals surface area contributed by atoms with Crippen LogP contribution in [0, 0.1) is 0 Å². The molecule has 34 heavy (non-hydrogen) atoms. The zero-order valence-electron chi connectivity index (χ0n) is 20.0. The summed E-state index contributed by atoms with van der Waals surface area (Å²) in [4.78, 5) is 18.2. The summed E-state index contributed by atoms with van der Waals surface area (Å²) < 4.78 is 13.9. The number of carbonyl (C=O) groups excluding carboxylic acids is 1. The highest BCUT2D eigenvalue weighted by Gasteiger charge is 2.23. The molecule has 0 aliphatic rings. The zero-order chi connectivity index (χ0) is 24.2. The summed E-state index contributed by atoms with van der Waals surface area (Å²) in [7, 11) is 3.31. The number of hydrogen-bond donors (Lipinski definition) is 0. The minimum absolute atomic E-state index is 0.00699. The van der Waals surface area contributed by atoms with Crippen molar-refractivity contribution >= 4 is 32.7 Å². The highest BCUT2D eigenvalue weighted by atomic mass is 79.9. The monoisotopic (exact) mass is 520 g/mol. The average Bonchev–Trinajstić information content (AvgIpc) is 3.23. The van der Waals surface area contributed by atoms with Crippen LogP contribution in [0.15, 0.2) is 65.1 Å². The Hall–Kier alpha value is -2.96. The fourth-order valence-electron chi connectivity index (χ4n) is 4.12. The Labute approximate surface area is 208 Å². The minimum atomic E-state index is 0.00699. The predicted molar refractivity (Wildman–Crippen MR) is 140 cm³/mol. The van der Waals surface area contributed by atoms with Crippen LogP contribution < -0.4 is 4.74 Å². The lowest BCUT2D eigenvalue weighted by Crippen LogP contribution is -2.08. The minimum Gasteiger partial charge on any atom is -0.494 e. The fraction of sp³-hybridized carbons (Fsp3) is 0.286. The van der Waals surface area contributed by atoms with E-state index in [4.69, 9.17) is 14.5 Å². The first-order valence-electron chi connectivity index (χ1n) is 11.4. The van der Waals surface area contributed by atoms with Crippen molar-refractivity contribution < 1.29 is 14.3 Å². The molecule has 3 aromatic carbocycles. The van der Waals surface area contributed by atoms with Crippen molar-refractivity contribution in [3.8, 4) is 17.1 Å². The molecule has 4 aromatic rings. The van der Waals surface area contributed by atoms with E-state index in [2.05, 4.69) is 58.6 Å². The number of carbonyl (C=O) groups is 1. The van der Waals surface area contributed by atoms with Crippen molar-refractivity contribution in [2.24, 2.45) is 0 Å². The topological polar surface area (TPSA) is 53.4 Å². The number of aromatic nitrogens is 2. The third-order valence-electron chi connectivity index (χ3n) is 6.00. The normalized spacial score (nSPS) is 11.4. The zero-order valence-corrected chi connectivity index (χ0v) is 21.6. The molecule has 0 spiro atoms. The summed E-state index contributed by atoms with van der Waals surface area (Å²) in [5, 5.41) is 0. The van der Waals surface area contributed by atoms with Gasteiger partial charge in [0.1, 0.15) is 22.6 Å². The summed E-state index contributed by atoms with van der Waals surface area (Å²) in [5.41, 5.74) is 5.35. The molecule has 4 rings (SSSR count). The maximum absolute atomic E-state index is 13.2. The third kappa shape index (κ3) is 4.79. The Balaban J connectivity index is 1.86. The van der Waals surface area contributed by atoms with Crippen molar-refractivity contribution in [1.29, 1.82) is 0 Å². The number of ether oxygens (including phenoxy) is 2. The SMILES string of the molecule is COCCn1c(-c2ccc(C(C)C)cc2)nc2c(Br)c(C(=O)Cc3ccccc3)cc(OC)c21. The molecule has 0 atom stereocenters. The molecule has 0 radical (unpaired) electrons. The van der Waals surface area contributed by atoms with Gasteiger partial charge in [0.15, 0.2) is 5.78 Å². The number of halogens is 1. The second-order valence-corrected chi connectivity index (χ2v) is 9.37. The van der Waals surface area contributed by atoms with Gasteiger partial charge < -0.3 is 14.0 Å². The maximum atomic E-state index is 13.2. The molecule has 1 aromatic heterocycles. The van der Waals surface area contributed by atoms with Gasteiger partial charge in [-0.25, -0.2) is 4.98 Å². The number of imidazole rings is 1. The van der Waals surface area contributed by atoms with E-state index >= 15 is 0 Å². The molecule has 0 saturated heterocycles. The van der Waals surface area contributed by atoms with Crippen LogP contribution in [0.1, 0.15) is 41.3 Å². The maximum Gasteiger partial charge on any atom is 0.168 e. The van der Waals surface area contributed by atoms with Crippen LogP contribution in [0.3, 0.4) is 0 Å². The second-order valence-electron chi connectivity index (χ2n) is 8.58. The molecular weight excluding hydrogens is 492 g/mol. The van der Waals surface area contributed by atoms with Gasteiger partial charge in [0, 0.05) is 31.2 Å². The molecule has 0 bridgehead atoms. The lowest BCUT2D eigenvalue weighted by molar-refractivity contribution is 0.0992. The van der Waals surface area contributed by atoms with E-state index in [1.54, 1.807) is 14.2 Å². The van der Waals surface area contributed by atoms with E-state index in [0.29, 0.717) is 46.8 Å². The van der Waals surface area contributed by atoms with Crippen LogP contribution in [-0.2, 0) is 17.7 Å². The lowest BCUT2D eigenvalue weighted by Gasteiger charge is -2.13. The van der Waals surface area contributed by atoms with Crippen LogP contribution in [0.4, 0.5) is 0 Å². The summed E-state index contributed by atoms with van der Waals surface area (Å²) >= 11 is 3.69. The van der Waals surface area contributed by atoms with E-state index in [1.807, 2.05) is 36.4 Å². The molecule has 176 valence electrons. The average molecular weight is 521 g/mol. The van der Waals surface area contributed by atoms with Crippen molar-refractivity contribution in [2.45, 2.75) is 32.7 Å². The van der Waals surface area contributed by atoms with Crippen molar-refractivity contribution in [3.63, 3.8) is 0 Å². The van der Waals surface area contributed by atoms with Crippen molar-refractivity contribution in [3.05, 3.63) is 81.8 Å². The van der Waals surface area contributed by atoms with Crippen LogP contribution >= 0.6 is 15.9 Å². The number of benzene rings is 3. The van der Waals surface area contributed by atoms with Gasteiger partial charge in [-0.2, -0.15) is 0 Å². The van der Waals surface area contributed by atoms with Gasteiger partial charge in [0.2, 0.25) is 0 Å². The van der Waals surface area contributed by atoms with Crippen LogP contribution in [0.25, 0.3) is 22.4 Å². The van der Waals surface area contributed by atoms with Crippen LogP contribution in [0.5, 0.6) is 5.75 Å². The quantitative estimate of drug-likeness (QED) is 0.231. The molecule has 0 aliphatic carbocycles. The van der Waals surface area contributed by atoms with Gasteiger partial charge in [-0.3, -0.25) is 4.79 Å². The van der Waals surface area contributed by atoms with Crippen LogP contribution in [0.2, 0.25) is 0 Å². The van der Waals surface area contributed by atoms with Gasteiger partial charge >= 0.3 is 0 Å². The van der Waals surface area contributed by atoms with E-state index in [-0.39, 0.29) is 5.78 Å². The summed E-state index contributed by atoms with van der Waals surface area (Å²) in [6.45, 7) is 5.49. The molecule has 5 nitrogen and oxygen atoms in total. The summed E-state index contributed by atoms with van der Waals surface area (Å²) in [5.74, 6) is 1.89. The Morgan fingerprint density at radius 1 is 1.06 bits per heavy atom. The third-order valence-corrected chi connectivity index (χ3v) is 6.81. The number of ketones is 1. The summed E-state index contributed by atoms with van der Waals surface area (Å²) in [6.07, 6.45) is 0.308. The first-order chi connectivity index (χ1) is 16.4. The lowest BCUT2D eigenvalue weighted by atomic mass is 10.0. The van der Waals surface area contributed by atoms with E-state index in [0.717, 1.165) is 22.5 Å². The smallest absolute Gasteiger partial charge is 0.168 e. The van der Waals surface area contributed by atoms with Crippen molar-refractivity contribution in [1.82, 2.24) is 9.55 Å². The summed E-state index contributed by atoms with van der Waals surface area (Å²) in [6, 6.07) is 20.0. The largest absolute Gasteiger partial charge is 0.494 e. The Bertz CT molecular complexity index is 1300. The number of Topliss-reactive ketones (excluding diaryl/α,β-unsaturated/α-hetero) is 1. The fourth-order valence-corrected chi connectivity index (χ4v) is 4.73. The molecule has 0 fully saturated rings. The van der Waals surface area contributed by atoms with E-state index < -0.39 is 0 Å². The Kier molecular flexibility index (Phi) is 7.49.